The van der Waals surface area contributed by atoms with Gasteiger partial charge in [0, 0.05) is 11.1 Å². The predicted octanol–water partition coefficient (Wildman–Crippen LogP) is 2.07. The van der Waals surface area contributed by atoms with Crippen LogP contribution in [0.2, 0.25) is 0 Å². The van der Waals surface area contributed by atoms with Crippen LogP contribution in [0.25, 0.3) is 28.2 Å². The first-order chi connectivity index (χ1) is 15.7. The summed E-state index contributed by atoms with van der Waals surface area (Å²) in [6, 6.07) is 25.0. The number of ether oxygens (including phenoxy) is 3. The van der Waals surface area contributed by atoms with Crippen LogP contribution in [-0.2, 0) is 13.0 Å². The maximum absolute atomic E-state index is 5.41. The Labute approximate surface area is 204 Å². The quantitative estimate of drug-likeness (QED) is 0.375. The number of hydrogen-bond acceptors (Lipinski definition) is 3. The number of imidazole rings is 1. The second-order valence-corrected chi connectivity index (χ2v) is 7.86. The van der Waals surface area contributed by atoms with Gasteiger partial charge in [-0.15, -0.1) is 0 Å². The van der Waals surface area contributed by atoms with Gasteiger partial charge in [-0.25, -0.2) is 4.57 Å². The number of rotatable bonds is 6. The highest BCUT2D eigenvalue weighted by Gasteiger charge is 2.36. The van der Waals surface area contributed by atoms with E-state index in [1.165, 1.54) is 22.8 Å². The normalized spacial score (nSPS) is 12.1. The van der Waals surface area contributed by atoms with E-state index in [-0.39, 0.29) is 17.0 Å². The van der Waals surface area contributed by atoms with E-state index in [2.05, 4.69) is 45.5 Å². The fourth-order valence-electron chi connectivity index (χ4n) is 4.56. The Balaban J connectivity index is 0.00000259. The number of methoxy groups -OCH3 is 3. The molecule has 0 N–H and O–H groups in total. The van der Waals surface area contributed by atoms with Gasteiger partial charge < -0.3 is 31.2 Å². The molecule has 4 aromatic rings. The van der Waals surface area contributed by atoms with E-state index in [4.69, 9.17) is 14.2 Å². The van der Waals surface area contributed by atoms with Crippen molar-refractivity contribution in [3.8, 4) is 45.5 Å². The van der Waals surface area contributed by atoms with Crippen LogP contribution >= 0.6 is 0 Å². The zero-order valence-electron chi connectivity index (χ0n) is 19.0. The molecule has 1 aliphatic rings. The summed E-state index contributed by atoms with van der Waals surface area (Å²) in [5.74, 6) is 3.87. The minimum Gasteiger partial charge on any atom is -1.00 e. The third-order valence-electron chi connectivity index (χ3n) is 6.13. The second-order valence-electron chi connectivity index (χ2n) is 7.86. The first-order valence-electron chi connectivity index (χ1n) is 10.8. The van der Waals surface area contributed by atoms with Crippen LogP contribution in [-0.4, -0.2) is 25.9 Å². The van der Waals surface area contributed by atoms with E-state index in [1.54, 1.807) is 21.3 Å². The molecular formula is C27H27BrN2O3. The van der Waals surface area contributed by atoms with Gasteiger partial charge in [0.05, 0.1) is 34.3 Å². The lowest BCUT2D eigenvalue weighted by atomic mass is 10.0. The van der Waals surface area contributed by atoms with E-state index in [1.807, 2.05) is 36.4 Å². The van der Waals surface area contributed by atoms with E-state index in [0.717, 1.165) is 47.9 Å². The summed E-state index contributed by atoms with van der Waals surface area (Å²) in [6.07, 6.45) is 2.17. The maximum atomic E-state index is 5.41. The van der Waals surface area contributed by atoms with Gasteiger partial charge in [0.2, 0.25) is 0 Å². The van der Waals surface area contributed by atoms with Crippen molar-refractivity contribution in [1.29, 1.82) is 0 Å². The van der Waals surface area contributed by atoms with Gasteiger partial charge in [0.25, 0.3) is 5.82 Å². The number of hydrogen-bond donors (Lipinski definition) is 0. The Hall–Kier alpha value is -3.25. The number of benzene rings is 3. The van der Waals surface area contributed by atoms with Crippen molar-refractivity contribution >= 4 is 0 Å². The molecule has 0 unspecified atom stereocenters. The molecule has 33 heavy (non-hydrogen) atoms. The fraction of sp³-hybridized carbons (Fsp3) is 0.222. The molecule has 0 radical (unpaired) electrons. The average molecular weight is 507 g/mol. The molecule has 0 atom stereocenters. The van der Waals surface area contributed by atoms with Gasteiger partial charge in [-0.05, 0) is 79.2 Å². The van der Waals surface area contributed by atoms with Gasteiger partial charge in [-0.2, -0.15) is 4.57 Å². The van der Waals surface area contributed by atoms with Crippen LogP contribution in [0.3, 0.4) is 0 Å². The SMILES string of the molecule is COc1ccc(-c2c(-c3ccc(OC)cc3)[n+]3c(n2-c2ccc(OC)cc2)CCC3)cc1.[Br-]. The lowest BCUT2D eigenvalue weighted by molar-refractivity contribution is -0.679. The van der Waals surface area contributed by atoms with E-state index in [0.29, 0.717) is 0 Å². The molecule has 5 rings (SSSR count). The smallest absolute Gasteiger partial charge is 0.262 e. The van der Waals surface area contributed by atoms with Crippen molar-refractivity contribution in [2.24, 2.45) is 0 Å². The highest BCUT2D eigenvalue weighted by atomic mass is 79.9. The van der Waals surface area contributed by atoms with Crippen LogP contribution in [0.5, 0.6) is 17.2 Å². The van der Waals surface area contributed by atoms with Crippen LogP contribution in [0.1, 0.15) is 12.2 Å². The van der Waals surface area contributed by atoms with Gasteiger partial charge in [-0.1, -0.05) is 0 Å². The molecule has 0 saturated heterocycles. The van der Waals surface area contributed by atoms with Crippen LogP contribution in [0, 0.1) is 0 Å². The van der Waals surface area contributed by atoms with E-state index < -0.39 is 0 Å². The molecule has 0 bridgehead atoms. The summed E-state index contributed by atoms with van der Waals surface area (Å²) < 4.78 is 21.1. The van der Waals surface area contributed by atoms with E-state index >= 15 is 0 Å². The summed E-state index contributed by atoms with van der Waals surface area (Å²) in [4.78, 5) is 0. The van der Waals surface area contributed by atoms with Crippen molar-refractivity contribution in [3.05, 3.63) is 78.6 Å². The molecule has 1 aliphatic heterocycles. The average Bonchev–Trinajstić information content (AvgIpc) is 3.45. The monoisotopic (exact) mass is 506 g/mol. The minimum absolute atomic E-state index is 0. The number of fused-ring (bicyclic) bond motifs is 1. The molecule has 1 aromatic heterocycles. The van der Waals surface area contributed by atoms with Crippen molar-refractivity contribution < 1.29 is 35.8 Å². The third-order valence-corrected chi connectivity index (χ3v) is 6.13. The molecular weight excluding hydrogens is 480 g/mol. The zero-order chi connectivity index (χ0) is 22.1. The molecule has 3 aromatic carbocycles. The summed E-state index contributed by atoms with van der Waals surface area (Å²) in [7, 11) is 5.09. The summed E-state index contributed by atoms with van der Waals surface area (Å²) >= 11 is 0. The first-order valence-corrected chi connectivity index (χ1v) is 10.8. The van der Waals surface area contributed by atoms with Crippen molar-refractivity contribution in [3.63, 3.8) is 0 Å². The molecule has 0 fully saturated rings. The standard InChI is InChI=1S/C27H27N2O3.BrH/c1-30-22-12-6-19(7-13-22)26-27(20-8-14-23(31-2)15-9-20)29(25-5-4-18-28(25)26)21-10-16-24(32-3)17-11-21;/h6-17H,4-5,18H2,1-3H3;1H/q+1;/p-1. The van der Waals surface area contributed by atoms with Gasteiger partial charge >= 0.3 is 0 Å². The van der Waals surface area contributed by atoms with Gasteiger partial charge in [0.1, 0.15) is 22.9 Å². The zero-order valence-corrected chi connectivity index (χ0v) is 20.6. The predicted molar refractivity (Wildman–Crippen MR) is 125 cm³/mol. The summed E-state index contributed by atoms with van der Waals surface area (Å²) in [5.41, 5.74) is 5.85. The third kappa shape index (κ3) is 4.11. The maximum Gasteiger partial charge on any atom is 0.262 e. The first kappa shape index (κ1) is 22.9. The minimum atomic E-state index is 0. The van der Waals surface area contributed by atoms with Crippen molar-refractivity contribution in [1.82, 2.24) is 4.57 Å². The molecule has 170 valence electrons. The second kappa shape index (κ2) is 9.71. The molecule has 0 amide bonds. The topological polar surface area (TPSA) is 36.5 Å². The van der Waals surface area contributed by atoms with Gasteiger partial charge in [-0.3, -0.25) is 0 Å². The summed E-state index contributed by atoms with van der Waals surface area (Å²) in [5, 5.41) is 0. The molecule has 6 heteroatoms. The number of aromatic nitrogens is 2. The summed E-state index contributed by atoms with van der Waals surface area (Å²) in [6.45, 7) is 1.00. The van der Waals surface area contributed by atoms with Crippen LogP contribution < -0.4 is 35.8 Å². The Bertz CT molecular complexity index is 1160. The Morgan fingerprint density at radius 3 is 1.67 bits per heavy atom. The lowest BCUT2D eigenvalue weighted by Crippen LogP contribution is -3.00. The highest BCUT2D eigenvalue weighted by Crippen LogP contribution is 2.37. The Kier molecular flexibility index (Phi) is 6.75. The molecule has 0 aliphatic carbocycles. The van der Waals surface area contributed by atoms with Crippen molar-refractivity contribution in [2.75, 3.05) is 21.3 Å². The van der Waals surface area contributed by atoms with Crippen LogP contribution in [0.15, 0.2) is 72.8 Å². The highest BCUT2D eigenvalue weighted by molar-refractivity contribution is 5.79. The Morgan fingerprint density at radius 2 is 1.15 bits per heavy atom. The fourth-order valence-corrected chi connectivity index (χ4v) is 4.56. The molecule has 2 heterocycles. The largest absolute Gasteiger partial charge is 1.00 e. The lowest BCUT2D eigenvalue weighted by Gasteiger charge is -2.09. The molecule has 0 saturated carbocycles. The number of nitrogens with zero attached hydrogens (tertiary/aromatic N) is 2. The molecule has 0 spiro atoms. The molecule has 5 nitrogen and oxygen atoms in total. The van der Waals surface area contributed by atoms with Gasteiger partial charge in [0.15, 0.2) is 11.4 Å². The van der Waals surface area contributed by atoms with Crippen molar-refractivity contribution in [2.45, 2.75) is 19.4 Å². The van der Waals surface area contributed by atoms with Crippen LogP contribution in [0.4, 0.5) is 0 Å². The Morgan fingerprint density at radius 1 is 0.667 bits per heavy atom. The van der Waals surface area contributed by atoms with E-state index in [9.17, 15) is 0 Å². The number of halogens is 1.